The Morgan fingerprint density at radius 3 is 1.75 bits per heavy atom. The van der Waals surface area contributed by atoms with Crippen LogP contribution in [0.25, 0.3) is 0 Å². The Hall–Kier alpha value is 2.18. The van der Waals surface area contributed by atoms with Gasteiger partial charge in [-0.1, -0.05) is 0 Å². The Morgan fingerprint density at radius 2 is 1.75 bits per heavy atom. The maximum Gasteiger partial charge on any atom is 0 e. The van der Waals surface area contributed by atoms with Crippen LogP contribution in [0.2, 0.25) is 0 Å². The van der Waals surface area contributed by atoms with Gasteiger partial charge in [-0.15, -0.1) is 0 Å². The van der Waals surface area contributed by atoms with Crippen molar-refractivity contribution in [2.75, 3.05) is 0 Å². The Bertz CT molecular complexity index is 8.00. The summed E-state index contributed by atoms with van der Waals surface area (Å²) in [6, 6.07) is 0. The molecule has 0 radical (unpaired) electrons. The number of hydrogen-bond donors (Lipinski definition) is 0. The van der Waals surface area contributed by atoms with Crippen LogP contribution in [0, 0.1) is 30.9 Å². The molecule has 25 valence electrons. The summed E-state index contributed by atoms with van der Waals surface area (Å²) in [6.07, 6.45) is 0. The smallest absolute Gasteiger partial charge is 0 e. The first kappa shape index (κ1) is 9.49. The Morgan fingerprint density at radius 1 is 1.75 bits per heavy atom. The van der Waals surface area contributed by atoms with Gasteiger partial charge < -0.3 is 0 Å². The fourth-order valence-corrected chi connectivity index (χ4v) is 0. The summed E-state index contributed by atoms with van der Waals surface area (Å²) in [7, 11) is 0. The normalized spacial score (nSPS) is 2.25. The molecule has 0 heterocycles. The predicted molar refractivity (Wildman–Crippen MR) is 18.3 cm³/mol. The molecule has 0 bridgehead atoms. The van der Waals surface area contributed by atoms with E-state index >= 15 is 0 Å². The van der Waals surface area contributed by atoms with Crippen LogP contribution in [0.1, 0.15) is 0 Å². The first-order valence-corrected chi connectivity index (χ1v) is 11.5. The zero-order valence-electron chi connectivity index (χ0n) is 2.47. The van der Waals surface area contributed by atoms with Crippen LogP contribution in [0.3, 0.4) is 0 Å². The van der Waals surface area contributed by atoms with Crippen LogP contribution in [-0.2, 0) is 16.5 Å². The van der Waals surface area contributed by atoms with Gasteiger partial charge in [0.05, 0.1) is 0 Å². The van der Waals surface area contributed by atoms with E-state index in [0.717, 1.165) is 0 Å². The molecule has 0 spiro atoms. The molecule has 1 unspecified atom stereocenters. The van der Waals surface area contributed by atoms with E-state index in [-0.39, 0.29) is 47.4 Å². The van der Waals surface area contributed by atoms with Crippen molar-refractivity contribution >= 4 is 9.00 Å². The van der Waals surface area contributed by atoms with E-state index in [9.17, 15) is 0 Å². The summed E-state index contributed by atoms with van der Waals surface area (Å²) in [6.45, 7) is 0. The molecule has 0 rings (SSSR count). The monoisotopic (exact) mass is 243 g/mol. The van der Waals surface area contributed by atoms with E-state index in [1.165, 1.54) is 0 Å². The quantitative estimate of drug-likeness (QED) is 0.394. The minimum absolute atomic E-state index is 0. The van der Waals surface area contributed by atoms with Gasteiger partial charge in [0.2, 0.25) is 0 Å². The summed E-state index contributed by atoms with van der Waals surface area (Å²) in [5.41, 5.74) is 0. The van der Waals surface area contributed by atoms with Crippen molar-refractivity contribution in [1.29, 1.82) is 0 Å². The van der Waals surface area contributed by atoms with Crippen molar-refractivity contribution in [2.24, 2.45) is 0 Å². The second-order valence-corrected chi connectivity index (χ2v) is 7.28. The van der Waals surface area contributed by atoms with Gasteiger partial charge in [-0.3, -0.25) is 0 Å². The molecule has 0 aliphatic rings. The third kappa shape index (κ3) is 8.89. The molecule has 0 aliphatic heterocycles. The van der Waals surface area contributed by atoms with Crippen LogP contribution in [0.5, 0.6) is 0 Å². The SMILES string of the molecule is [BH2][La][PH2].[Ni]. The van der Waals surface area contributed by atoms with Crippen LogP contribution >= 0.6 is 5.01 Å². The van der Waals surface area contributed by atoms with Crippen LogP contribution in [-0.4, -0.2) is 3.99 Å². The van der Waals surface area contributed by atoms with Crippen molar-refractivity contribution in [1.82, 2.24) is 0 Å². The van der Waals surface area contributed by atoms with Crippen molar-refractivity contribution in [3.05, 3.63) is 0 Å². The minimum Gasteiger partial charge on any atom is 0 e. The Balaban J connectivity index is 0. The molecule has 0 saturated carbocycles. The topological polar surface area (TPSA) is 0 Å². The standard InChI is InChI=1S/BH2.La.Ni.H2P/h1H2;;;1H2/q+1;;;-1. The van der Waals surface area contributed by atoms with Crippen molar-refractivity contribution in [2.45, 2.75) is 0 Å². The first-order chi connectivity index (χ1) is 1.41. The first-order valence-electron chi connectivity index (χ1n) is 0.911. The molecule has 0 aromatic rings. The Labute approximate surface area is 55.6 Å². The van der Waals surface area contributed by atoms with Crippen LogP contribution in [0.15, 0.2) is 0 Å². The summed E-state index contributed by atoms with van der Waals surface area (Å²) < 4.78 is 2.30. The zero-order chi connectivity index (χ0) is 2.71. The minimum atomic E-state index is -0.0833. The maximum atomic E-state index is 2.79. The van der Waals surface area contributed by atoms with Gasteiger partial charge in [0.1, 0.15) is 0 Å². The van der Waals surface area contributed by atoms with Gasteiger partial charge in [-0.2, -0.15) is 0 Å². The summed E-state index contributed by atoms with van der Waals surface area (Å²) in [5, 5.41) is 2.79. The molecular weight excluding hydrogens is 239 g/mol. The second-order valence-electron chi connectivity index (χ2n) is 0.333. The fraction of sp³-hybridized carbons (Fsp3) is 0. The van der Waals surface area contributed by atoms with Gasteiger partial charge in [0.15, 0.2) is 0 Å². The van der Waals surface area contributed by atoms with Gasteiger partial charge in [-0.05, 0) is 0 Å². The predicted octanol–water partition coefficient (Wildman–Crippen LogP) is -0.593. The van der Waals surface area contributed by atoms with Crippen LogP contribution < -0.4 is 0 Å². The van der Waals surface area contributed by atoms with Gasteiger partial charge >= 0.3 is 39.9 Å². The Kier molecular flexibility index (Phi) is 21.2. The van der Waals surface area contributed by atoms with E-state index < -0.39 is 0 Å². The molecule has 0 nitrogen and oxygen atoms in total. The summed E-state index contributed by atoms with van der Waals surface area (Å²) in [5.74, 6) is 0. The third-order valence-electron chi connectivity index (χ3n) is 0. The molecule has 1 atom stereocenters. The van der Waals surface area contributed by atoms with Gasteiger partial charge in [0, 0.05) is 16.5 Å². The average Bonchev–Trinajstić information content (AvgIpc) is 0.918. The third-order valence-corrected chi connectivity index (χ3v) is 0. The fourth-order valence-electron chi connectivity index (χ4n) is 0. The summed E-state index contributed by atoms with van der Waals surface area (Å²) in [4.78, 5) is 0. The van der Waals surface area contributed by atoms with Gasteiger partial charge in [0.25, 0.3) is 0 Å². The molecule has 0 fully saturated rings. The second kappa shape index (κ2) is 8.95. The van der Waals surface area contributed by atoms with E-state index in [1.807, 2.05) is 0 Å². The van der Waals surface area contributed by atoms with Crippen LogP contribution in [0.4, 0.5) is 0 Å². The molecule has 0 aliphatic carbocycles. The van der Waals surface area contributed by atoms with Crippen molar-refractivity contribution in [3.63, 3.8) is 0 Å². The maximum absolute atomic E-state index is 2.79. The molecule has 0 amide bonds. The van der Waals surface area contributed by atoms with Gasteiger partial charge in [-0.25, -0.2) is 0 Å². The molecule has 0 aromatic carbocycles. The molecule has 0 saturated heterocycles. The van der Waals surface area contributed by atoms with E-state index in [4.69, 9.17) is 0 Å². The number of rotatable bonds is 0. The largest absolute Gasteiger partial charge is 0 e. The summed E-state index contributed by atoms with van der Waals surface area (Å²) >= 11 is -0.0833. The number of hydrogen-bond acceptors (Lipinski definition) is 0. The van der Waals surface area contributed by atoms with E-state index in [1.54, 1.807) is 0 Å². The molecule has 4 heavy (non-hydrogen) atoms. The van der Waals surface area contributed by atoms with E-state index in [0.29, 0.717) is 0 Å². The van der Waals surface area contributed by atoms with E-state index in [2.05, 4.69) is 9.00 Å². The molecule has 4 heteroatoms. The molecule has 0 aromatic heterocycles. The average molecular weight is 243 g/mol. The zero-order valence-corrected chi connectivity index (χ0v) is 8.24. The van der Waals surface area contributed by atoms with Crippen molar-refractivity contribution < 1.29 is 47.4 Å². The van der Waals surface area contributed by atoms with Crippen molar-refractivity contribution in [3.8, 4) is 0 Å². The molecular formula is H4BLaNiP. The molecule has 0 N–H and O–H groups in total.